The summed E-state index contributed by atoms with van der Waals surface area (Å²) in [6, 6.07) is 3.94. The number of nitrogens with zero attached hydrogens (tertiary/aromatic N) is 1. The Morgan fingerprint density at radius 3 is 2.33 bits per heavy atom. The molecule has 0 amide bonds. The number of rotatable bonds is 15. The van der Waals surface area contributed by atoms with Gasteiger partial charge in [0.15, 0.2) is 0 Å². The molecule has 5 nitrogen and oxygen atoms in total. The molecule has 0 bridgehead atoms. The largest absolute Gasteiger partial charge is 0.493 e. The lowest BCUT2D eigenvalue weighted by molar-refractivity contribution is 0.150. The predicted octanol–water partition coefficient (Wildman–Crippen LogP) is 6.75. The molecule has 30 heavy (non-hydrogen) atoms. The van der Waals surface area contributed by atoms with Crippen molar-refractivity contribution in [3.63, 3.8) is 0 Å². The summed E-state index contributed by atoms with van der Waals surface area (Å²) >= 11 is 22.1. The second-order valence-corrected chi connectivity index (χ2v) is 8.11. The number of halogens is 4. The maximum atomic E-state index is 6.01. The molecule has 1 aromatic carbocycles. The van der Waals surface area contributed by atoms with Gasteiger partial charge in [-0.25, -0.2) is 0 Å². The van der Waals surface area contributed by atoms with Gasteiger partial charge >= 0.3 is 0 Å². The first-order valence-electron chi connectivity index (χ1n) is 9.57. The molecule has 1 aromatic rings. The fourth-order valence-electron chi connectivity index (χ4n) is 2.41. The maximum Gasteiger partial charge on any atom is 0.138 e. The number of aryl methyl sites for hydroxylation is 2. The quantitative estimate of drug-likeness (QED) is 0.152. The molecule has 0 saturated carbocycles. The standard InChI is InChI=1S/C21H27Cl4NO4/c1-3-17-15-18(28-11-6-19(22)23)14-16(2)21(17)29-10-5-4-9-27-13-8-26-30-12-7-20(24)25/h6-8,14-15H,3-5,9-13H2,1-2H3. The number of hydrogen-bond donors (Lipinski definition) is 0. The van der Waals surface area contributed by atoms with Crippen molar-refractivity contribution in [3.05, 3.63) is 44.4 Å². The summed E-state index contributed by atoms with van der Waals surface area (Å²) in [4.78, 5) is 4.91. The lowest BCUT2D eigenvalue weighted by Gasteiger charge is -2.15. The van der Waals surface area contributed by atoms with Crippen molar-refractivity contribution in [3.8, 4) is 11.5 Å². The van der Waals surface area contributed by atoms with Gasteiger partial charge in [-0.05, 0) is 61.6 Å². The van der Waals surface area contributed by atoms with Crippen LogP contribution < -0.4 is 9.47 Å². The molecule has 0 radical (unpaired) electrons. The Balaban J connectivity index is 2.28. The number of benzene rings is 1. The Morgan fingerprint density at radius 2 is 1.63 bits per heavy atom. The summed E-state index contributed by atoms with van der Waals surface area (Å²) in [7, 11) is 0. The van der Waals surface area contributed by atoms with Crippen LogP contribution in [-0.2, 0) is 16.0 Å². The predicted molar refractivity (Wildman–Crippen MR) is 126 cm³/mol. The van der Waals surface area contributed by atoms with Crippen LogP contribution in [0.4, 0.5) is 0 Å². The molecule has 0 fully saturated rings. The summed E-state index contributed by atoms with van der Waals surface area (Å²) < 4.78 is 17.5. The lowest BCUT2D eigenvalue weighted by Crippen LogP contribution is -2.05. The Kier molecular flexibility index (Phi) is 14.9. The van der Waals surface area contributed by atoms with E-state index in [1.54, 1.807) is 12.3 Å². The fourth-order valence-corrected chi connectivity index (χ4v) is 2.66. The van der Waals surface area contributed by atoms with Gasteiger partial charge in [0.25, 0.3) is 0 Å². The molecule has 9 heteroatoms. The molecule has 0 unspecified atom stereocenters. The van der Waals surface area contributed by atoms with Gasteiger partial charge in [0.05, 0.1) is 19.4 Å². The van der Waals surface area contributed by atoms with E-state index in [0.717, 1.165) is 41.9 Å². The Hall–Kier alpha value is -1.11. The van der Waals surface area contributed by atoms with Gasteiger partial charge < -0.3 is 19.0 Å². The van der Waals surface area contributed by atoms with Crippen LogP contribution in [0.5, 0.6) is 11.5 Å². The Bertz CT molecular complexity index is 715. The van der Waals surface area contributed by atoms with Crippen LogP contribution in [0.3, 0.4) is 0 Å². The van der Waals surface area contributed by atoms with Gasteiger partial charge in [0.1, 0.15) is 33.7 Å². The van der Waals surface area contributed by atoms with Gasteiger partial charge in [-0.2, -0.15) is 0 Å². The number of hydrogen-bond acceptors (Lipinski definition) is 5. The van der Waals surface area contributed by atoms with E-state index >= 15 is 0 Å². The molecule has 0 heterocycles. The Morgan fingerprint density at radius 1 is 0.933 bits per heavy atom. The highest BCUT2D eigenvalue weighted by Gasteiger charge is 2.09. The zero-order chi connectivity index (χ0) is 22.2. The van der Waals surface area contributed by atoms with Gasteiger partial charge in [-0.1, -0.05) is 58.5 Å². The van der Waals surface area contributed by atoms with Crippen LogP contribution in [0, 0.1) is 6.92 Å². The number of unbranched alkanes of at least 4 members (excludes halogenated alkanes) is 1. The summed E-state index contributed by atoms with van der Waals surface area (Å²) in [5.74, 6) is 1.68. The van der Waals surface area contributed by atoms with E-state index < -0.39 is 0 Å². The molecule has 0 spiro atoms. The molecular formula is C21H27Cl4NO4. The minimum absolute atomic E-state index is 0.152. The van der Waals surface area contributed by atoms with Crippen LogP contribution in [-0.4, -0.2) is 39.2 Å². The van der Waals surface area contributed by atoms with E-state index in [9.17, 15) is 0 Å². The number of oxime groups is 1. The molecule has 1 rings (SSSR count). The third kappa shape index (κ3) is 12.6. The van der Waals surface area contributed by atoms with Crippen molar-refractivity contribution in [2.24, 2.45) is 5.16 Å². The van der Waals surface area contributed by atoms with Crippen LogP contribution in [0.15, 0.2) is 38.4 Å². The van der Waals surface area contributed by atoms with Crippen molar-refractivity contribution < 1.29 is 19.0 Å². The fraction of sp³-hybridized carbons (Fsp3) is 0.476. The molecule has 0 aliphatic carbocycles. The SMILES string of the molecule is CCc1cc(OCC=C(Cl)Cl)cc(C)c1OCCCCOCC=NOCC=C(Cl)Cl. The minimum Gasteiger partial charge on any atom is -0.493 e. The van der Waals surface area contributed by atoms with E-state index in [1.807, 2.05) is 19.1 Å². The zero-order valence-corrected chi connectivity index (χ0v) is 20.2. The maximum absolute atomic E-state index is 6.01. The van der Waals surface area contributed by atoms with Gasteiger partial charge in [-0.3, -0.25) is 0 Å². The second-order valence-electron chi connectivity index (χ2n) is 6.09. The average Bonchev–Trinajstić information content (AvgIpc) is 2.69. The van der Waals surface area contributed by atoms with E-state index in [-0.39, 0.29) is 15.6 Å². The summed E-state index contributed by atoms with van der Waals surface area (Å²) in [5.41, 5.74) is 2.13. The third-order valence-electron chi connectivity index (χ3n) is 3.78. The third-order valence-corrected chi connectivity index (χ3v) is 4.39. The van der Waals surface area contributed by atoms with Crippen molar-refractivity contribution in [1.29, 1.82) is 0 Å². The first kappa shape index (κ1) is 26.9. The monoisotopic (exact) mass is 497 g/mol. The molecular weight excluding hydrogens is 472 g/mol. The molecule has 0 aliphatic heterocycles. The van der Waals surface area contributed by atoms with E-state index in [4.69, 9.17) is 65.5 Å². The van der Waals surface area contributed by atoms with Crippen molar-refractivity contribution in [1.82, 2.24) is 0 Å². The van der Waals surface area contributed by atoms with Gasteiger partial charge in [-0.15, -0.1) is 0 Å². The van der Waals surface area contributed by atoms with Crippen LogP contribution in [0.2, 0.25) is 0 Å². The summed E-state index contributed by atoms with van der Waals surface area (Å²) in [6.45, 7) is 6.25. The molecule has 0 atom stereocenters. The summed E-state index contributed by atoms with van der Waals surface area (Å²) in [5, 5.41) is 3.72. The first-order chi connectivity index (χ1) is 14.4. The average molecular weight is 499 g/mol. The van der Waals surface area contributed by atoms with Crippen molar-refractivity contribution in [2.75, 3.05) is 33.0 Å². The van der Waals surface area contributed by atoms with Crippen LogP contribution >= 0.6 is 46.4 Å². The van der Waals surface area contributed by atoms with Crippen molar-refractivity contribution >= 4 is 52.6 Å². The molecule has 0 aromatic heterocycles. The van der Waals surface area contributed by atoms with Crippen LogP contribution in [0.1, 0.15) is 30.9 Å². The normalized spacial score (nSPS) is 10.7. The topological polar surface area (TPSA) is 49.3 Å². The molecule has 0 aliphatic rings. The molecule has 0 N–H and O–H groups in total. The minimum atomic E-state index is 0.152. The van der Waals surface area contributed by atoms with Gasteiger partial charge in [0, 0.05) is 6.61 Å². The molecule has 168 valence electrons. The van der Waals surface area contributed by atoms with E-state index in [1.165, 1.54) is 6.08 Å². The highest BCUT2D eigenvalue weighted by atomic mass is 35.5. The van der Waals surface area contributed by atoms with Crippen LogP contribution in [0.25, 0.3) is 0 Å². The first-order valence-corrected chi connectivity index (χ1v) is 11.1. The van der Waals surface area contributed by atoms with E-state index in [0.29, 0.717) is 26.4 Å². The Labute approximate surface area is 198 Å². The summed E-state index contributed by atoms with van der Waals surface area (Å²) in [6.07, 6.45) is 7.26. The van der Waals surface area contributed by atoms with E-state index in [2.05, 4.69) is 12.1 Å². The highest BCUT2D eigenvalue weighted by Crippen LogP contribution is 2.30. The number of ether oxygens (including phenoxy) is 3. The van der Waals surface area contributed by atoms with Crippen molar-refractivity contribution in [2.45, 2.75) is 33.1 Å². The highest BCUT2D eigenvalue weighted by molar-refractivity contribution is 6.56. The molecule has 0 saturated heterocycles. The second kappa shape index (κ2) is 16.6. The smallest absolute Gasteiger partial charge is 0.138 e. The lowest BCUT2D eigenvalue weighted by atomic mass is 10.1. The zero-order valence-electron chi connectivity index (χ0n) is 17.1. The van der Waals surface area contributed by atoms with Gasteiger partial charge in [0.2, 0.25) is 0 Å².